The first-order chi connectivity index (χ1) is 15.3. The van der Waals surface area contributed by atoms with Crippen LogP contribution < -0.4 is 16.4 Å². The number of nitrogens with one attached hydrogen (secondary N) is 3. The van der Waals surface area contributed by atoms with Gasteiger partial charge in [0.25, 0.3) is 0 Å². The molecule has 1 aliphatic heterocycles. The minimum Gasteiger partial charge on any atom is -0.480 e. The highest BCUT2D eigenvalue weighted by atomic mass is 32.1. The average Bonchev–Trinajstić information content (AvgIpc) is 3.45. The van der Waals surface area contributed by atoms with Crippen LogP contribution in [0.5, 0.6) is 0 Å². The van der Waals surface area contributed by atoms with Crippen LogP contribution in [0, 0.1) is 11.3 Å². The molecule has 1 saturated carbocycles. The molecular formula is C21H32N6O4S. The van der Waals surface area contributed by atoms with Crippen molar-refractivity contribution in [1.82, 2.24) is 20.5 Å². The topological polar surface area (TPSA) is 162 Å². The Morgan fingerprint density at radius 1 is 1.25 bits per heavy atom. The van der Waals surface area contributed by atoms with Gasteiger partial charge >= 0.3 is 5.97 Å². The molecule has 2 heterocycles. The largest absolute Gasteiger partial charge is 0.480 e. The Kier molecular flexibility index (Phi) is 8.57. The van der Waals surface area contributed by atoms with Crippen molar-refractivity contribution in [3.63, 3.8) is 0 Å². The van der Waals surface area contributed by atoms with Crippen LogP contribution in [0.3, 0.4) is 0 Å². The van der Waals surface area contributed by atoms with E-state index < -0.39 is 18.1 Å². The number of likely N-dealkylation sites (tertiary alicyclic amines) is 1. The molecule has 10 nitrogen and oxygen atoms in total. The number of carbonyl (C=O) groups excluding carboxylic acids is 2. The molecule has 32 heavy (non-hydrogen) atoms. The second-order valence-electron chi connectivity index (χ2n) is 8.51. The number of amidine groups is 1. The minimum atomic E-state index is -1.00. The third kappa shape index (κ3) is 6.49. The zero-order chi connectivity index (χ0) is 23.1. The number of carboxylic acids is 1. The third-order valence-electron chi connectivity index (χ3n) is 6.17. The minimum absolute atomic E-state index is 0.121. The number of rotatable bonds is 10. The van der Waals surface area contributed by atoms with Gasteiger partial charge in [0.1, 0.15) is 22.6 Å². The van der Waals surface area contributed by atoms with Gasteiger partial charge in [-0.2, -0.15) is 0 Å². The molecule has 1 aromatic heterocycles. The molecule has 1 aliphatic carbocycles. The lowest BCUT2D eigenvalue weighted by atomic mass is 9.84. The Bertz CT molecular complexity index is 838. The first-order valence-electron chi connectivity index (χ1n) is 11.2. The average molecular weight is 465 g/mol. The summed E-state index contributed by atoms with van der Waals surface area (Å²) in [7, 11) is 0. The van der Waals surface area contributed by atoms with Crippen molar-refractivity contribution in [2.24, 2.45) is 11.7 Å². The summed E-state index contributed by atoms with van der Waals surface area (Å²) in [4.78, 5) is 43.1. The van der Waals surface area contributed by atoms with E-state index in [1.165, 1.54) is 17.8 Å². The molecule has 176 valence electrons. The van der Waals surface area contributed by atoms with Gasteiger partial charge in [0, 0.05) is 11.9 Å². The second kappa shape index (κ2) is 11.4. The number of nitrogens with zero attached hydrogens (tertiary/aromatic N) is 2. The number of nitrogen functional groups attached to an aromatic ring is 1. The third-order valence-corrected chi connectivity index (χ3v) is 7.02. The fraction of sp³-hybridized carbons (Fsp3) is 0.667. The second-order valence-corrected chi connectivity index (χ2v) is 9.46. The Morgan fingerprint density at radius 2 is 2.00 bits per heavy atom. The van der Waals surface area contributed by atoms with Crippen LogP contribution in [0.2, 0.25) is 0 Å². The van der Waals surface area contributed by atoms with Gasteiger partial charge in [-0.1, -0.05) is 32.1 Å². The normalized spacial score (nSPS) is 20.1. The molecular weight excluding hydrogens is 432 g/mol. The Morgan fingerprint density at radius 3 is 2.66 bits per heavy atom. The highest BCUT2D eigenvalue weighted by molar-refractivity contribution is 7.09. The molecule has 11 heteroatoms. The van der Waals surface area contributed by atoms with Crippen LogP contribution in [-0.4, -0.2) is 63.8 Å². The van der Waals surface area contributed by atoms with Gasteiger partial charge in [0.15, 0.2) is 0 Å². The summed E-state index contributed by atoms with van der Waals surface area (Å²) in [6, 6.07) is -1.17. The fourth-order valence-corrected chi connectivity index (χ4v) is 5.27. The van der Waals surface area contributed by atoms with Gasteiger partial charge in [-0.25, -0.2) is 4.98 Å². The molecule has 6 N–H and O–H groups in total. The van der Waals surface area contributed by atoms with Crippen LogP contribution in [0.4, 0.5) is 0 Å². The Balaban J connectivity index is 1.61. The smallest absolute Gasteiger partial charge is 0.317 e. The molecule has 2 atom stereocenters. The van der Waals surface area contributed by atoms with E-state index in [-0.39, 0.29) is 30.7 Å². The van der Waals surface area contributed by atoms with Crippen LogP contribution in [-0.2, 0) is 20.9 Å². The van der Waals surface area contributed by atoms with Crippen molar-refractivity contribution < 1.29 is 19.5 Å². The predicted molar refractivity (Wildman–Crippen MR) is 120 cm³/mol. The fourth-order valence-electron chi connectivity index (χ4n) is 4.54. The zero-order valence-electron chi connectivity index (χ0n) is 18.1. The first kappa shape index (κ1) is 24.1. The summed E-state index contributed by atoms with van der Waals surface area (Å²) < 4.78 is 0. The lowest BCUT2D eigenvalue weighted by Crippen LogP contribution is -2.53. The first-order valence-corrected chi connectivity index (χ1v) is 12.0. The summed E-state index contributed by atoms with van der Waals surface area (Å²) in [6.45, 7) is 0.410. The van der Waals surface area contributed by atoms with Crippen molar-refractivity contribution in [2.75, 3.05) is 13.1 Å². The van der Waals surface area contributed by atoms with Crippen LogP contribution in [0.1, 0.15) is 62.1 Å². The van der Waals surface area contributed by atoms with E-state index in [4.69, 9.17) is 16.2 Å². The number of thiazole rings is 1. The highest BCUT2D eigenvalue weighted by Crippen LogP contribution is 2.29. The Hall–Kier alpha value is -2.53. The van der Waals surface area contributed by atoms with E-state index in [9.17, 15) is 14.4 Å². The van der Waals surface area contributed by atoms with Crippen molar-refractivity contribution >= 4 is 35.0 Å². The van der Waals surface area contributed by atoms with Crippen molar-refractivity contribution in [2.45, 2.75) is 70.0 Å². The molecule has 2 fully saturated rings. The van der Waals surface area contributed by atoms with Crippen LogP contribution >= 0.6 is 11.3 Å². The van der Waals surface area contributed by atoms with E-state index in [1.54, 1.807) is 10.3 Å². The molecule has 0 radical (unpaired) electrons. The highest BCUT2D eigenvalue weighted by Gasteiger charge is 2.38. The number of carboxylic acid groups (broad SMARTS) is 1. The molecule has 0 bridgehead atoms. The summed E-state index contributed by atoms with van der Waals surface area (Å²) >= 11 is 1.31. The zero-order valence-corrected chi connectivity index (χ0v) is 19.0. The molecule has 2 aliphatic rings. The summed E-state index contributed by atoms with van der Waals surface area (Å²) in [5.41, 5.74) is 5.81. The maximum atomic E-state index is 13.3. The number of nitrogens with two attached hydrogens (primary N) is 1. The maximum absolute atomic E-state index is 13.3. The molecule has 0 aromatic carbocycles. The van der Waals surface area contributed by atoms with E-state index >= 15 is 0 Å². The van der Waals surface area contributed by atoms with E-state index in [1.807, 2.05) is 0 Å². The monoisotopic (exact) mass is 464 g/mol. The molecule has 2 amide bonds. The van der Waals surface area contributed by atoms with Crippen LogP contribution in [0.15, 0.2) is 5.38 Å². The summed E-state index contributed by atoms with van der Waals surface area (Å²) in [5, 5.41) is 24.6. The van der Waals surface area contributed by atoms with Crippen molar-refractivity contribution in [1.29, 1.82) is 5.41 Å². The van der Waals surface area contributed by atoms with Gasteiger partial charge in [-0.05, 0) is 25.2 Å². The molecule has 1 saturated heterocycles. The molecule has 1 aromatic rings. The van der Waals surface area contributed by atoms with Crippen molar-refractivity contribution in [3.05, 3.63) is 16.1 Å². The molecule has 2 unspecified atom stereocenters. The molecule has 0 spiro atoms. The quantitative estimate of drug-likeness (QED) is 0.255. The number of hydrogen-bond donors (Lipinski definition) is 5. The van der Waals surface area contributed by atoms with Crippen molar-refractivity contribution in [3.8, 4) is 0 Å². The number of hydrogen-bond acceptors (Lipinski definition) is 7. The predicted octanol–water partition coefficient (Wildman–Crippen LogP) is 1.05. The number of aromatic nitrogens is 1. The van der Waals surface area contributed by atoms with E-state index in [0.29, 0.717) is 36.0 Å². The van der Waals surface area contributed by atoms with E-state index in [2.05, 4.69) is 15.6 Å². The van der Waals surface area contributed by atoms with E-state index in [0.717, 1.165) is 32.1 Å². The van der Waals surface area contributed by atoms with Gasteiger partial charge in [-0.3, -0.25) is 25.1 Å². The van der Waals surface area contributed by atoms with Gasteiger partial charge in [0.2, 0.25) is 11.8 Å². The van der Waals surface area contributed by atoms with Gasteiger partial charge in [-0.15, -0.1) is 11.3 Å². The maximum Gasteiger partial charge on any atom is 0.317 e. The molecule has 3 rings (SSSR count). The number of carbonyl (C=O) groups is 3. The number of amides is 2. The standard InChI is InChI=1S/C21H32N6O4S/c22-19(23)15-12-32-17(26-15)10-25-20(30)16-7-4-8-27(16)21(31)14(24-11-18(28)29)9-13-5-2-1-3-6-13/h12-14,16,24H,1-11H2,(H3,22,23)(H,25,30)(H,28,29). The Labute approximate surface area is 191 Å². The summed E-state index contributed by atoms with van der Waals surface area (Å²) in [6.07, 6.45) is 7.50. The lowest BCUT2D eigenvalue weighted by Gasteiger charge is -2.31. The van der Waals surface area contributed by atoms with Crippen LogP contribution in [0.25, 0.3) is 0 Å². The SMILES string of the molecule is N=C(N)c1csc(CNC(=O)C2CCCN2C(=O)C(CC2CCCCC2)NCC(=O)O)n1. The lowest BCUT2D eigenvalue weighted by molar-refractivity contribution is -0.141. The van der Waals surface area contributed by atoms with Gasteiger partial charge < -0.3 is 21.1 Å². The summed E-state index contributed by atoms with van der Waals surface area (Å²) in [5.74, 6) is -1.17. The number of aliphatic carboxylic acids is 1. The van der Waals surface area contributed by atoms with Gasteiger partial charge in [0.05, 0.1) is 19.1 Å².